The van der Waals surface area contributed by atoms with Gasteiger partial charge >= 0.3 is 17.8 Å². The molecule has 2 saturated heterocycles. The smallest absolute Gasteiger partial charge is 0.342 e. The summed E-state index contributed by atoms with van der Waals surface area (Å²) in [6.07, 6.45) is 4.14. The van der Waals surface area contributed by atoms with E-state index in [0.717, 1.165) is 43.5 Å². The van der Waals surface area contributed by atoms with Crippen LogP contribution in [0.3, 0.4) is 0 Å². The lowest BCUT2D eigenvalue weighted by atomic mass is 9.96. The van der Waals surface area contributed by atoms with Crippen LogP contribution in [0.25, 0.3) is 0 Å². The number of nitrogens with one attached hydrogen (secondary N) is 1. The molecule has 2 aliphatic heterocycles. The van der Waals surface area contributed by atoms with E-state index >= 15 is 0 Å². The fraction of sp³-hybridized carbons (Fsp3) is 0.480. The Labute approximate surface area is 195 Å². The molecule has 2 aromatic carbocycles. The van der Waals surface area contributed by atoms with E-state index in [0.29, 0.717) is 12.1 Å². The van der Waals surface area contributed by atoms with Gasteiger partial charge in [-0.3, -0.25) is 4.90 Å². The van der Waals surface area contributed by atoms with E-state index in [1.165, 1.54) is 12.1 Å². The van der Waals surface area contributed by atoms with E-state index in [2.05, 4.69) is 10.2 Å². The number of benzene rings is 2. The van der Waals surface area contributed by atoms with Crippen molar-refractivity contribution in [2.24, 2.45) is 0 Å². The predicted octanol–water partition coefficient (Wildman–Crippen LogP) is 5.66. The van der Waals surface area contributed by atoms with Crippen LogP contribution in [0.15, 0.2) is 48.5 Å². The van der Waals surface area contributed by atoms with Gasteiger partial charge in [-0.1, -0.05) is 12.1 Å². The van der Waals surface area contributed by atoms with Crippen LogP contribution in [-0.2, 0) is 6.54 Å². The van der Waals surface area contributed by atoms with Crippen LogP contribution in [0, 0.1) is 0 Å². The number of nitrogens with zero attached hydrogens (tertiary/aromatic N) is 1. The average Bonchev–Trinajstić information content (AvgIpc) is 3.00. The maximum Gasteiger partial charge on any atom is 0.342 e. The van der Waals surface area contributed by atoms with E-state index in [1.54, 1.807) is 24.3 Å². The quantitative estimate of drug-likeness (QED) is 0.454. The lowest BCUT2D eigenvalue weighted by Crippen LogP contribution is -2.46. The highest BCUT2D eigenvalue weighted by atomic mass is 19.3. The first-order valence-corrected chi connectivity index (χ1v) is 11.3. The Morgan fingerprint density at radius 1 is 1.03 bits per heavy atom. The van der Waals surface area contributed by atoms with Crippen LogP contribution in [0.5, 0.6) is 5.75 Å². The number of fused-ring (bicyclic) bond motifs is 2. The SMILES string of the molecule is CC(F)(F)C(F)(F)COc1ccc(NC2CC3CCC(C2)N3Cc2ccc(C(=O)O)cc2)cc1. The van der Waals surface area contributed by atoms with E-state index < -0.39 is 24.4 Å². The predicted molar refractivity (Wildman–Crippen MR) is 120 cm³/mol. The third kappa shape index (κ3) is 5.46. The molecular formula is C25H28F4N2O3. The lowest BCUT2D eigenvalue weighted by molar-refractivity contribution is -0.211. The minimum absolute atomic E-state index is 0.110. The van der Waals surface area contributed by atoms with Gasteiger partial charge in [0, 0.05) is 37.3 Å². The van der Waals surface area contributed by atoms with E-state index in [-0.39, 0.29) is 24.3 Å². The summed E-state index contributed by atoms with van der Waals surface area (Å²) in [4.78, 5) is 13.5. The number of halogens is 4. The molecule has 0 spiro atoms. The van der Waals surface area contributed by atoms with Gasteiger partial charge < -0.3 is 15.2 Å². The Morgan fingerprint density at radius 2 is 1.62 bits per heavy atom. The number of aromatic carboxylic acids is 1. The fourth-order valence-electron chi connectivity index (χ4n) is 4.80. The summed E-state index contributed by atoms with van der Waals surface area (Å²) >= 11 is 0. The van der Waals surface area contributed by atoms with E-state index in [1.807, 2.05) is 12.1 Å². The molecule has 2 atom stereocenters. The van der Waals surface area contributed by atoms with Crippen molar-refractivity contribution in [3.63, 3.8) is 0 Å². The Morgan fingerprint density at radius 3 is 2.15 bits per heavy atom. The first-order valence-electron chi connectivity index (χ1n) is 11.3. The van der Waals surface area contributed by atoms with Crippen LogP contribution < -0.4 is 10.1 Å². The Kier molecular flexibility index (Phi) is 6.75. The normalized spacial score (nSPS) is 23.0. The van der Waals surface area contributed by atoms with Crippen molar-refractivity contribution in [2.45, 2.75) is 69.1 Å². The van der Waals surface area contributed by atoms with Crippen molar-refractivity contribution in [1.82, 2.24) is 4.90 Å². The number of piperidine rings is 1. The molecule has 0 aliphatic carbocycles. The molecular weight excluding hydrogens is 452 g/mol. The third-order valence-corrected chi connectivity index (χ3v) is 6.74. The van der Waals surface area contributed by atoms with Gasteiger partial charge in [-0.25, -0.2) is 13.6 Å². The highest BCUT2D eigenvalue weighted by Crippen LogP contribution is 2.38. The molecule has 2 N–H and O–H groups in total. The number of carbonyl (C=O) groups is 1. The van der Waals surface area contributed by atoms with Crippen molar-refractivity contribution < 1.29 is 32.2 Å². The van der Waals surface area contributed by atoms with Gasteiger partial charge in [-0.15, -0.1) is 0 Å². The molecule has 2 fully saturated rings. The minimum atomic E-state index is -4.24. The molecule has 2 bridgehead atoms. The molecule has 184 valence electrons. The number of hydrogen-bond acceptors (Lipinski definition) is 4. The van der Waals surface area contributed by atoms with Gasteiger partial charge in [0.05, 0.1) is 5.56 Å². The topological polar surface area (TPSA) is 61.8 Å². The number of anilines is 1. The van der Waals surface area contributed by atoms with Gasteiger partial charge in [0.15, 0.2) is 6.61 Å². The second-order valence-electron chi connectivity index (χ2n) is 9.28. The maximum atomic E-state index is 13.4. The Balaban J connectivity index is 1.30. The molecule has 5 nitrogen and oxygen atoms in total. The van der Waals surface area contributed by atoms with Crippen LogP contribution in [-0.4, -0.2) is 52.6 Å². The number of carboxylic acids is 1. The van der Waals surface area contributed by atoms with Crippen molar-refractivity contribution >= 4 is 11.7 Å². The van der Waals surface area contributed by atoms with Gasteiger partial charge in [0.25, 0.3) is 0 Å². The fourth-order valence-corrected chi connectivity index (χ4v) is 4.80. The monoisotopic (exact) mass is 480 g/mol. The lowest BCUT2D eigenvalue weighted by Gasteiger charge is -2.39. The first-order chi connectivity index (χ1) is 16.0. The summed E-state index contributed by atoms with van der Waals surface area (Å²) in [5, 5.41) is 12.6. The molecule has 34 heavy (non-hydrogen) atoms. The number of ether oxygens (including phenoxy) is 1. The second-order valence-corrected chi connectivity index (χ2v) is 9.28. The van der Waals surface area contributed by atoms with Crippen molar-refractivity contribution in [3.8, 4) is 5.75 Å². The number of carboxylic acid groups (broad SMARTS) is 1. The summed E-state index contributed by atoms with van der Waals surface area (Å²) in [5.41, 5.74) is 2.19. The van der Waals surface area contributed by atoms with Crippen LogP contribution >= 0.6 is 0 Å². The Bertz CT molecular complexity index is 979. The van der Waals surface area contributed by atoms with Crippen LogP contribution in [0.4, 0.5) is 23.2 Å². The van der Waals surface area contributed by atoms with Crippen molar-refractivity contribution in [1.29, 1.82) is 0 Å². The van der Waals surface area contributed by atoms with E-state index in [4.69, 9.17) is 9.84 Å². The summed E-state index contributed by atoms with van der Waals surface area (Å²) in [6.45, 7) is -0.420. The number of alkyl halides is 4. The summed E-state index contributed by atoms with van der Waals surface area (Å²) in [6, 6.07) is 14.5. The van der Waals surface area contributed by atoms with E-state index in [9.17, 15) is 22.4 Å². The highest BCUT2D eigenvalue weighted by Gasteiger charge is 2.53. The molecule has 0 saturated carbocycles. The standard InChI is InChI=1S/C25H28F4N2O3/c1-24(26,27)25(28,29)15-34-22-10-6-18(7-11-22)30-19-12-20-8-9-21(13-19)31(20)14-16-2-4-17(5-3-16)23(32)33/h2-7,10-11,19-21,30H,8-9,12-15H2,1H3,(H,32,33). The minimum Gasteiger partial charge on any atom is -0.487 e. The zero-order valence-corrected chi connectivity index (χ0v) is 18.8. The molecule has 0 radical (unpaired) electrons. The summed E-state index contributed by atoms with van der Waals surface area (Å²) in [5.74, 6) is -9.21. The van der Waals surface area contributed by atoms with Gasteiger partial charge in [-0.2, -0.15) is 8.78 Å². The average molecular weight is 481 g/mol. The first kappa shape index (κ1) is 24.3. The number of rotatable bonds is 9. The molecule has 0 amide bonds. The largest absolute Gasteiger partial charge is 0.487 e. The van der Waals surface area contributed by atoms with Crippen LogP contribution in [0.2, 0.25) is 0 Å². The summed E-state index contributed by atoms with van der Waals surface area (Å²) < 4.78 is 57.5. The zero-order chi connectivity index (χ0) is 24.5. The highest BCUT2D eigenvalue weighted by molar-refractivity contribution is 5.87. The van der Waals surface area contributed by atoms with Crippen LogP contribution in [0.1, 0.15) is 48.5 Å². The van der Waals surface area contributed by atoms with Gasteiger partial charge in [0.1, 0.15) is 5.75 Å². The zero-order valence-electron chi connectivity index (χ0n) is 18.8. The third-order valence-electron chi connectivity index (χ3n) is 6.74. The molecule has 9 heteroatoms. The molecule has 2 aromatic rings. The molecule has 2 heterocycles. The summed E-state index contributed by atoms with van der Waals surface area (Å²) in [7, 11) is 0. The second kappa shape index (κ2) is 9.44. The van der Waals surface area contributed by atoms with Crippen molar-refractivity contribution in [3.05, 3.63) is 59.7 Å². The van der Waals surface area contributed by atoms with Gasteiger partial charge in [-0.05, 0) is 67.6 Å². The molecule has 2 aliphatic rings. The Hall–Kier alpha value is -2.81. The number of hydrogen-bond donors (Lipinski definition) is 2. The van der Waals surface area contributed by atoms with Gasteiger partial charge in [0.2, 0.25) is 0 Å². The maximum absolute atomic E-state index is 13.4. The van der Waals surface area contributed by atoms with Crippen molar-refractivity contribution in [2.75, 3.05) is 11.9 Å². The molecule has 2 unspecified atom stereocenters. The molecule has 0 aromatic heterocycles. The molecule has 4 rings (SSSR count).